The zero-order valence-corrected chi connectivity index (χ0v) is 24.1. The van der Waals surface area contributed by atoms with Crippen LogP contribution in [0.25, 0.3) is 11.2 Å². The van der Waals surface area contributed by atoms with Gasteiger partial charge in [0.05, 0.1) is 25.1 Å². The number of imidazole rings is 1. The number of hydrogen-bond acceptors (Lipinski definition) is 12. The summed E-state index contributed by atoms with van der Waals surface area (Å²) in [6.07, 6.45) is 1.91. The van der Waals surface area contributed by atoms with E-state index in [0.717, 1.165) is 6.08 Å². The molecule has 4 N–H and O–H groups in total. The van der Waals surface area contributed by atoms with Crippen molar-refractivity contribution in [2.45, 2.75) is 63.4 Å². The Balaban J connectivity index is 1.47. The number of aliphatic hydroxyl groups excluding tert-OH is 1. The number of benzene rings is 1. The van der Waals surface area contributed by atoms with Crippen LogP contribution in [0.5, 0.6) is 5.75 Å². The lowest BCUT2D eigenvalue weighted by atomic mass is 9.73. The fourth-order valence-corrected chi connectivity index (χ4v) is 5.72. The first-order valence-electron chi connectivity index (χ1n) is 13.3. The van der Waals surface area contributed by atoms with E-state index >= 15 is 0 Å². The van der Waals surface area contributed by atoms with Gasteiger partial charge in [0.1, 0.15) is 29.9 Å². The van der Waals surface area contributed by atoms with Crippen LogP contribution in [0.1, 0.15) is 39.3 Å². The maximum atomic E-state index is 14.0. The summed E-state index contributed by atoms with van der Waals surface area (Å²) in [5, 5.41) is 13.6. The molecule has 3 aromatic rings. The molecule has 0 bridgehead atoms. The smallest absolute Gasteiger partial charge is 0.459 e. The number of hydrogen-bond donors (Lipinski definition) is 3. The summed E-state index contributed by atoms with van der Waals surface area (Å²) in [4.78, 5) is 37.1. The number of rotatable bonds is 14. The zero-order chi connectivity index (χ0) is 30.3. The van der Waals surface area contributed by atoms with Gasteiger partial charge in [0, 0.05) is 18.7 Å². The van der Waals surface area contributed by atoms with Gasteiger partial charge in [-0.25, -0.2) is 19.5 Å². The lowest BCUT2D eigenvalue weighted by Crippen LogP contribution is -2.40. The maximum absolute atomic E-state index is 14.0. The fraction of sp³-hybridized carbons (Fsp3) is 0.423. The minimum absolute atomic E-state index is 0.0438. The van der Waals surface area contributed by atoms with Crippen molar-refractivity contribution < 1.29 is 37.7 Å². The Hall–Kier alpha value is -3.62. The number of nitrogen functional groups attached to an aromatic ring is 1. The highest BCUT2D eigenvalue weighted by Crippen LogP contribution is 2.47. The van der Waals surface area contributed by atoms with Gasteiger partial charge in [-0.2, -0.15) is 5.09 Å². The number of carbonyl (C=O) groups is 2. The van der Waals surface area contributed by atoms with Crippen LogP contribution >= 0.6 is 7.75 Å². The lowest BCUT2D eigenvalue weighted by molar-refractivity contribution is -0.149. The number of ketones is 1. The standard InChI is InChI=1S/C26H33BN6O8P/c1-4-17(34)10-11-20(26(36)39-16(2)3)32-42(37,41-18-8-6-5-7-9-18)38-13-19-21(35)12-22(40-27-19)33-15-31-23-24(28)29-14-30-25(23)33/h4-9,14-16,19-22,35H,1,10-13H2,2-3H3,(H,32,37)(H2,28,29,30)/t19-,20+,21-,22-,42?/m1/s1. The predicted molar refractivity (Wildman–Crippen MR) is 153 cm³/mol. The molecule has 223 valence electrons. The highest BCUT2D eigenvalue weighted by molar-refractivity contribution is 7.52. The lowest BCUT2D eigenvalue weighted by Gasteiger charge is -2.34. The zero-order valence-electron chi connectivity index (χ0n) is 23.2. The van der Waals surface area contributed by atoms with E-state index in [1.54, 1.807) is 48.7 Å². The second kappa shape index (κ2) is 14.0. The molecule has 1 aliphatic rings. The summed E-state index contributed by atoms with van der Waals surface area (Å²) in [5.74, 6) is -1.31. The quantitative estimate of drug-likeness (QED) is 0.106. The van der Waals surface area contributed by atoms with Crippen LogP contribution < -0.4 is 15.3 Å². The average Bonchev–Trinajstić information content (AvgIpc) is 3.40. The minimum atomic E-state index is -4.28. The van der Waals surface area contributed by atoms with E-state index in [0.29, 0.717) is 11.2 Å². The number of esters is 1. The van der Waals surface area contributed by atoms with Gasteiger partial charge in [-0.05, 0) is 38.5 Å². The van der Waals surface area contributed by atoms with Crippen molar-refractivity contribution in [1.82, 2.24) is 24.6 Å². The minimum Gasteiger partial charge on any atom is -0.462 e. The number of anilines is 1. The third kappa shape index (κ3) is 8.02. The van der Waals surface area contributed by atoms with Crippen molar-refractivity contribution in [2.24, 2.45) is 0 Å². The number of fused-ring (bicyclic) bond motifs is 1. The van der Waals surface area contributed by atoms with Gasteiger partial charge in [0.25, 0.3) is 0 Å². The number of para-hydroxylation sites is 1. The molecule has 5 atom stereocenters. The van der Waals surface area contributed by atoms with E-state index in [2.05, 4.69) is 26.6 Å². The molecule has 1 aliphatic heterocycles. The molecule has 0 spiro atoms. The molecule has 42 heavy (non-hydrogen) atoms. The van der Waals surface area contributed by atoms with Gasteiger partial charge in [-0.15, -0.1) is 0 Å². The van der Waals surface area contributed by atoms with Gasteiger partial charge in [0.2, 0.25) is 0 Å². The summed E-state index contributed by atoms with van der Waals surface area (Å²) in [6.45, 7) is 6.49. The van der Waals surface area contributed by atoms with E-state index in [-0.39, 0.29) is 43.2 Å². The second-order valence-corrected chi connectivity index (χ2v) is 11.5. The third-order valence-electron chi connectivity index (χ3n) is 6.31. The fourth-order valence-electron chi connectivity index (χ4n) is 4.15. The number of nitrogens with zero attached hydrogens (tertiary/aromatic N) is 4. The number of allylic oxidation sites excluding steroid dienone is 1. The molecule has 0 amide bonds. The first-order chi connectivity index (χ1) is 20.1. The van der Waals surface area contributed by atoms with Gasteiger partial charge in [0.15, 0.2) is 17.2 Å². The number of ether oxygens (including phenoxy) is 1. The molecule has 4 rings (SSSR count). The number of nitrogens with two attached hydrogens (primary N) is 1. The van der Waals surface area contributed by atoms with Gasteiger partial charge >= 0.3 is 21.2 Å². The van der Waals surface area contributed by atoms with Crippen LogP contribution in [0, 0.1) is 0 Å². The summed E-state index contributed by atoms with van der Waals surface area (Å²) < 4.78 is 38.3. The largest absolute Gasteiger partial charge is 0.462 e. The van der Waals surface area contributed by atoms with Gasteiger partial charge < -0.3 is 24.8 Å². The molecule has 1 saturated heterocycles. The molecule has 16 heteroatoms. The molecule has 3 heterocycles. The van der Waals surface area contributed by atoms with E-state index in [4.69, 9.17) is 24.2 Å². The Bertz CT molecular complexity index is 1440. The summed E-state index contributed by atoms with van der Waals surface area (Å²) in [7, 11) is -2.89. The van der Waals surface area contributed by atoms with Crippen LogP contribution in [0.2, 0.25) is 5.82 Å². The first-order valence-corrected chi connectivity index (χ1v) is 14.9. The molecular formula is C26H33BN6O8P. The van der Waals surface area contributed by atoms with Crippen molar-refractivity contribution in [3.8, 4) is 5.75 Å². The number of nitrogens with one attached hydrogen (secondary N) is 1. The van der Waals surface area contributed by atoms with Crippen LogP contribution in [0.15, 0.2) is 55.6 Å². The van der Waals surface area contributed by atoms with Crippen molar-refractivity contribution in [3.05, 3.63) is 55.6 Å². The van der Waals surface area contributed by atoms with Crippen LogP contribution in [0.3, 0.4) is 0 Å². The monoisotopic (exact) mass is 599 g/mol. The molecule has 0 saturated carbocycles. The number of aliphatic hydroxyl groups is 1. The Morgan fingerprint density at radius 1 is 1.31 bits per heavy atom. The summed E-state index contributed by atoms with van der Waals surface area (Å²) in [5.41, 5.74) is 6.72. The van der Waals surface area contributed by atoms with Crippen molar-refractivity contribution in [3.63, 3.8) is 0 Å². The number of carbonyl (C=O) groups excluding carboxylic acids is 2. The van der Waals surface area contributed by atoms with Crippen molar-refractivity contribution in [2.75, 3.05) is 12.3 Å². The van der Waals surface area contributed by atoms with Crippen LogP contribution in [-0.4, -0.2) is 68.7 Å². The number of aromatic nitrogens is 4. The molecular weight excluding hydrogens is 566 g/mol. The van der Waals surface area contributed by atoms with E-state index < -0.39 is 44.0 Å². The topological polar surface area (TPSA) is 190 Å². The van der Waals surface area contributed by atoms with Gasteiger partial charge in [-0.3, -0.25) is 18.7 Å². The second-order valence-electron chi connectivity index (χ2n) is 9.85. The first kappa shape index (κ1) is 31.3. The molecule has 0 aliphatic carbocycles. The molecule has 14 nitrogen and oxygen atoms in total. The van der Waals surface area contributed by atoms with Crippen molar-refractivity contribution in [1.29, 1.82) is 0 Å². The highest BCUT2D eigenvalue weighted by atomic mass is 31.2. The Morgan fingerprint density at radius 3 is 2.76 bits per heavy atom. The van der Waals surface area contributed by atoms with Crippen LogP contribution in [0.4, 0.5) is 5.82 Å². The normalized spacial score (nSPS) is 20.8. The predicted octanol–water partition coefficient (Wildman–Crippen LogP) is 2.74. The maximum Gasteiger partial charge on any atom is 0.459 e. The molecule has 2 aromatic heterocycles. The SMILES string of the molecule is C=CC(=O)CC[C@H](NP(=O)(OC[C@H]1[B]O[C@@H](n2cnc3c(N)ncnc32)C[C@H]1O)Oc1ccccc1)C(=O)OC(C)C. The summed E-state index contributed by atoms with van der Waals surface area (Å²) in [6, 6.07) is 7.05. The summed E-state index contributed by atoms with van der Waals surface area (Å²) >= 11 is 0. The Labute approximate surface area is 243 Å². The van der Waals surface area contributed by atoms with E-state index in [1.165, 1.54) is 20.1 Å². The Kier molecular flexibility index (Phi) is 10.5. The Morgan fingerprint density at radius 2 is 2.07 bits per heavy atom. The van der Waals surface area contributed by atoms with E-state index in [9.17, 15) is 19.3 Å². The molecule has 1 radical (unpaired) electrons. The van der Waals surface area contributed by atoms with E-state index in [1.807, 2.05) is 0 Å². The highest BCUT2D eigenvalue weighted by Gasteiger charge is 2.39. The molecule has 1 aromatic carbocycles. The molecule has 1 fully saturated rings. The van der Waals surface area contributed by atoms with Gasteiger partial charge in [-0.1, -0.05) is 24.8 Å². The average molecular weight is 599 g/mol. The van der Waals surface area contributed by atoms with Crippen molar-refractivity contribution >= 4 is 44.0 Å². The third-order valence-corrected chi connectivity index (χ3v) is 7.88. The molecule has 1 unspecified atom stereocenters. The van der Waals surface area contributed by atoms with Crippen LogP contribution in [-0.2, 0) is 28.1 Å².